The molecule has 0 aromatic carbocycles. The van der Waals surface area contributed by atoms with Crippen LogP contribution in [-0.4, -0.2) is 32.7 Å². The van der Waals surface area contributed by atoms with E-state index < -0.39 is 12.0 Å². The molecule has 130 valence electrons. The monoisotopic (exact) mass is 339 g/mol. The number of ether oxygens (including phenoxy) is 1. The van der Waals surface area contributed by atoms with Crippen LogP contribution in [0.3, 0.4) is 0 Å². The number of anilines is 1. The summed E-state index contributed by atoms with van der Waals surface area (Å²) in [6.45, 7) is 0. The summed E-state index contributed by atoms with van der Waals surface area (Å²) in [4.78, 5) is 24.7. The zero-order chi connectivity index (χ0) is 17.5. The zero-order valence-electron chi connectivity index (χ0n) is 13.9. The van der Waals surface area contributed by atoms with Crippen molar-refractivity contribution in [1.29, 1.82) is 5.41 Å². The molecule has 25 heavy (non-hydrogen) atoms. The van der Waals surface area contributed by atoms with Gasteiger partial charge in [-0.1, -0.05) is 6.42 Å². The van der Waals surface area contributed by atoms with Crippen LogP contribution in [0.5, 0.6) is 0 Å². The van der Waals surface area contributed by atoms with E-state index in [0.717, 1.165) is 31.2 Å². The zero-order valence-corrected chi connectivity index (χ0v) is 13.9. The molecule has 2 aromatic heterocycles. The van der Waals surface area contributed by atoms with Gasteiger partial charge in [0.25, 0.3) is 0 Å². The minimum atomic E-state index is -0.693. The summed E-state index contributed by atoms with van der Waals surface area (Å²) in [5.74, 6) is -0.253. The molecule has 7 heteroatoms. The molecule has 0 saturated heterocycles. The summed E-state index contributed by atoms with van der Waals surface area (Å²) in [6, 6.07) is 4.52. The Morgan fingerprint density at radius 3 is 2.48 bits per heavy atom. The SMILES string of the molecule is N=C(C(=O)OC1CCCCC1)C(Nc1ncccn1)c1ccncc1. The number of esters is 1. The molecule has 1 unspecified atom stereocenters. The summed E-state index contributed by atoms with van der Waals surface area (Å²) >= 11 is 0. The Morgan fingerprint density at radius 1 is 1.12 bits per heavy atom. The van der Waals surface area contributed by atoms with E-state index in [-0.39, 0.29) is 11.8 Å². The first-order valence-corrected chi connectivity index (χ1v) is 8.47. The van der Waals surface area contributed by atoms with E-state index >= 15 is 0 Å². The molecule has 0 radical (unpaired) electrons. The van der Waals surface area contributed by atoms with Gasteiger partial charge in [-0.25, -0.2) is 14.8 Å². The highest BCUT2D eigenvalue weighted by atomic mass is 16.5. The summed E-state index contributed by atoms with van der Waals surface area (Å²) in [7, 11) is 0. The number of rotatable bonds is 6. The number of hydrogen-bond donors (Lipinski definition) is 2. The topological polar surface area (TPSA) is 101 Å². The van der Waals surface area contributed by atoms with Crippen LogP contribution in [0, 0.1) is 5.41 Å². The molecule has 1 aliphatic rings. The average Bonchev–Trinajstić information content (AvgIpc) is 2.68. The van der Waals surface area contributed by atoms with E-state index in [1.54, 1.807) is 43.0 Å². The van der Waals surface area contributed by atoms with Gasteiger partial charge in [0.05, 0.1) is 0 Å². The first-order chi connectivity index (χ1) is 12.2. The molecule has 0 bridgehead atoms. The van der Waals surface area contributed by atoms with Gasteiger partial charge in [0, 0.05) is 24.8 Å². The number of carbonyl (C=O) groups is 1. The van der Waals surface area contributed by atoms with Gasteiger partial charge in [-0.3, -0.25) is 10.4 Å². The van der Waals surface area contributed by atoms with E-state index in [1.165, 1.54) is 6.42 Å². The van der Waals surface area contributed by atoms with Crippen molar-refractivity contribution in [3.63, 3.8) is 0 Å². The van der Waals surface area contributed by atoms with E-state index in [4.69, 9.17) is 10.1 Å². The Kier molecular flexibility index (Phi) is 5.66. The van der Waals surface area contributed by atoms with Crippen molar-refractivity contribution >= 4 is 17.6 Å². The Hall–Kier alpha value is -2.83. The van der Waals surface area contributed by atoms with Gasteiger partial charge in [0.15, 0.2) is 0 Å². The highest BCUT2D eigenvalue weighted by Crippen LogP contribution is 2.23. The van der Waals surface area contributed by atoms with E-state index in [9.17, 15) is 4.79 Å². The van der Waals surface area contributed by atoms with Gasteiger partial charge in [0.2, 0.25) is 5.95 Å². The van der Waals surface area contributed by atoms with Crippen LogP contribution in [-0.2, 0) is 9.53 Å². The third kappa shape index (κ3) is 4.59. The summed E-state index contributed by atoms with van der Waals surface area (Å²) in [5, 5.41) is 11.4. The largest absolute Gasteiger partial charge is 0.458 e. The van der Waals surface area contributed by atoms with Crippen LogP contribution < -0.4 is 5.32 Å². The fraction of sp³-hybridized carbons (Fsp3) is 0.389. The third-order valence-corrected chi connectivity index (χ3v) is 4.21. The van der Waals surface area contributed by atoms with Crippen LogP contribution in [0.2, 0.25) is 0 Å². The normalized spacial score (nSPS) is 16.0. The minimum absolute atomic E-state index is 0.0901. The Labute approximate surface area is 146 Å². The second-order valence-corrected chi connectivity index (χ2v) is 6.01. The Balaban J connectivity index is 1.75. The minimum Gasteiger partial charge on any atom is -0.458 e. The van der Waals surface area contributed by atoms with Crippen LogP contribution in [0.15, 0.2) is 43.0 Å². The average molecular weight is 339 g/mol. The van der Waals surface area contributed by atoms with E-state index in [1.807, 2.05) is 0 Å². The van der Waals surface area contributed by atoms with Crippen molar-refractivity contribution in [2.75, 3.05) is 5.32 Å². The first-order valence-electron chi connectivity index (χ1n) is 8.47. The number of hydrogen-bond acceptors (Lipinski definition) is 7. The smallest absolute Gasteiger partial charge is 0.354 e. The molecule has 2 aromatic rings. The predicted molar refractivity (Wildman–Crippen MR) is 93.3 cm³/mol. The maximum atomic E-state index is 12.5. The van der Waals surface area contributed by atoms with Gasteiger partial charge in [0.1, 0.15) is 17.9 Å². The number of carbonyl (C=O) groups excluding carboxylic acids is 1. The van der Waals surface area contributed by atoms with Crippen molar-refractivity contribution in [2.45, 2.75) is 44.2 Å². The predicted octanol–water partition coefficient (Wildman–Crippen LogP) is 2.92. The molecular formula is C18H21N5O2. The maximum Gasteiger partial charge on any atom is 0.354 e. The van der Waals surface area contributed by atoms with Crippen molar-refractivity contribution in [3.8, 4) is 0 Å². The second kappa shape index (κ2) is 8.32. The van der Waals surface area contributed by atoms with Crippen molar-refractivity contribution in [2.24, 2.45) is 0 Å². The van der Waals surface area contributed by atoms with Crippen LogP contribution in [0.25, 0.3) is 0 Å². The molecule has 1 fully saturated rings. The van der Waals surface area contributed by atoms with Gasteiger partial charge in [-0.2, -0.15) is 0 Å². The number of nitrogens with one attached hydrogen (secondary N) is 2. The number of nitrogens with zero attached hydrogens (tertiary/aromatic N) is 3. The van der Waals surface area contributed by atoms with E-state index in [2.05, 4.69) is 20.3 Å². The van der Waals surface area contributed by atoms with E-state index in [0.29, 0.717) is 5.95 Å². The molecule has 7 nitrogen and oxygen atoms in total. The lowest BCUT2D eigenvalue weighted by Crippen LogP contribution is -2.32. The highest BCUT2D eigenvalue weighted by molar-refractivity contribution is 6.37. The van der Waals surface area contributed by atoms with Crippen LogP contribution >= 0.6 is 0 Å². The lowest BCUT2D eigenvalue weighted by atomic mass is 9.97. The highest BCUT2D eigenvalue weighted by Gasteiger charge is 2.28. The van der Waals surface area contributed by atoms with Gasteiger partial charge in [-0.05, 0) is 49.4 Å². The molecule has 0 aliphatic heterocycles. The molecular weight excluding hydrogens is 318 g/mol. The molecule has 3 rings (SSSR count). The molecule has 0 amide bonds. The maximum absolute atomic E-state index is 12.5. The Bertz CT molecular complexity index is 702. The number of pyridine rings is 1. The molecule has 0 spiro atoms. The summed E-state index contributed by atoms with van der Waals surface area (Å²) in [5.41, 5.74) is 0.567. The lowest BCUT2D eigenvalue weighted by Gasteiger charge is -2.24. The second-order valence-electron chi connectivity index (χ2n) is 6.01. The van der Waals surface area contributed by atoms with Crippen molar-refractivity contribution in [3.05, 3.63) is 48.5 Å². The number of aromatic nitrogens is 3. The van der Waals surface area contributed by atoms with Crippen LogP contribution in [0.1, 0.15) is 43.7 Å². The first kappa shape index (κ1) is 17.0. The molecule has 2 heterocycles. The lowest BCUT2D eigenvalue weighted by molar-refractivity contribution is -0.142. The fourth-order valence-corrected chi connectivity index (χ4v) is 2.90. The van der Waals surface area contributed by atoms with Crippen LogP contribution in [0.4, 0.5) is 5.95 Å². The Morgan fingerprint density at radius 2 is 1.80 bits per heavy atom. The quantitative estimate of drug-likeness (QED) is 0.620. The molecule has 1 saturated carbocycles. The third-order valence-electron chi connectivity index (χ3n) is 4.21. The molecule has 1 aliphatic carbocycles. The summed E-state index contributed by atoms with van der Waals surface area (Å²) in [6.07, 6.45) is 11.4. The van der Waals surface area contributed by atoms with Gasteiger partial charge < -0.3 is 10.1 Å². The van der Waals surface area contributed by atoms with Crippen molar-refractivity contribution in [1.82, 2.24) is 15.0 Å². The molecule has 1 atom stereocenters. The standard InChI is InChI=1S/C18H21N5O2/c19-15(17(24)25-14-5-2-1-3-6-14)16(13-7-11-20-12-8-13)23-18-21-9-4-10-22-18/h4,7-12,14,16,19H,1-3,5-6H2,(H,21,22,23). The fourth-order valence-electron chi connectivity index (χ4n) is 2.90. The van der Waals surface area contributed by atoms with Crippen molar-refractivity contribution < 1.29 is 9.53 Å². The van der Waals surface area contributed by atoms with Gasteiger partial charge >= 0.3 is 5.97 Å². The molecule has 2 N–H and O–H groups in total. The van der Waals surface area contributed by atoms with Gasteiger partial charge in [-0.15, -0.1) is 0 Å². The summed E-state index contributed by atoms with van der Waals surface area (Å²) < 4.78 is 5.53.